The van der Waals surface area contributed by atoms with Gasteiger partial charge in [-0.3, -0.25) is 0 Å². The van der Waals surface area contributed by atoms with Crippen molar-refractivity contribution in [2.24, 2.45) is 0 Å². The molecular weight excluding hydrogens is 297 g/mol. The lowest BCUT2D eigenvalue weighted by Gasteiger charge is -2.10. The SMILES string of the molecule is CC(C)OCCNCc1ccc(Oc2cccc(O)c2)c(F)c1. The number of aromatic hydroxyl groups is 1. The van der Waals surface area contributed by atoms with Crippen LogP contribution in [0.4, 0.5) is 4.39 Å². The predicted octanol–water partition coefficient (Wildman–Crippen LogP) is 3.84. The summed E-state index contributed by atoms with van der Waals surface area (Å²) >= 11 is 0. The van der Waals surface area contributed by atoms with Crippen LogP contribution in [0, 0.1) is 5.82 Å². The summed E-state index contributed by atoms with van der Waals surface area (Å²) in [5.41, 5.74) is 0.829. The Morgan fingerprint density at radius 3 is 2.70 bits per heavy atom. The summed E-state index contributed by atoms with van der Waals surface area (Å²) < 4.78 is 24.9. The van der Waals surface area contributed by atoms with E-state index >= 15 is 0 Å². The van der Waals surface area contributed by atoms with E-state index in [4.69, 9.17) is 9.47 Å². The van der Waals surface area contributed by atoms with Gasteiger partial charge in [0.2, 0.25) is 0 Å². The van der Waals surface area contributed by atoms with E-state index < -0.39 is 5.82 Å². The van der Waals surface area contributed by atoms with E-state index in [1.807, 2.05) is 13.8 Å². The molecule has 0 radical (unpaired) electrons. The molecule has 0 aliphatic rings. The molecule has 4 nitrogen and oxygen atoms in total. The van der Waals surface area contributed by atoms with Crippen LogP contribution in [0.25, 0.3) is 0 Å². The Morgan fingerprint density at radius 2 is 2.00 bits per heavy atom. The van der Waals surface area contributed by atoms with Crippen LogP contribution < -0.4 is 10.1 Å². The lowest BCUT2D eigenvalue weighted by atomic mass is 10.2. The van der Waals surface area contributed by atoms with E-state index in [0.29, 0.717) is 25.4 Å². The standard InChI is InChI=1S/C18H22FNO3/c1-13(2)22-9-8-20-12-14-6-7-18(17(19)10-14)23-16-5-3-4-15(21)11-16/h3-7,10-11,13,20-21H,8-9,12H2,1-2H3. The van der Waals surface area contributed by atoms with Crippen molar-refractivity contribution in [3.05, 3.63) is 53.8 Å². The van der Waals surface area contributed by atoms with E-state index in [1.54, 1.807) is 24.3 Å². The second-order valence-corrected chi connectivity index (χ2v) is 5.46. The minimum absolute atomic E-state index is 0.0762. The highest BCUT2D eigenvalue weighted by molar-refractivity contribution is 5.37. The van der Waals surface area contributed by atoms with Gasteiger partial charge in [-0.15, -0.1) is 0 Å². The fraction of sp³-hybridized carbons (Fsp3) is 0.333. The zero-order valence-corrected chi connectivity index (χ0v) is 13.4. The minimum atomic E-state index is -0.439. The van der Waals surface area contributed by atoms with Gasteiger partial charge < -0.3 is 19.9 Å². The summed E-state index contributed by atoms with van der Waals surface area (Å²) in [6, 6.07) is 11.1. The normalized spacial score (nSPS) is 11.0. The first-order valence-corrected chi connectivity index (χ1v) is 7.62. The summed E-state index contributed by atoms with van der Waals surface area (Å²) in [6.07, 6.45) is 0.211. The van der Waals surface area contributed by atoms with Crippen LogP contribution >= 0.6 is 0 Å². The maximum absolute atomic E-state index is 14.1. The third-order valence-corrected chi connectivity index (χ3v) is 3.10. The third kappa shape index (κ3) is 5.88. The Bertz CT molecular complexity index is 631. The fourth-order valence-electron chi connectivity index (χ4n) is 2.01. The fourth-order valence-corrected chi connectivity index (χ4v) is 2.01. The molecular formula is C18H22FNO3. The molecule has 0 aromatic heterocycles. The zero-order chi connectivity index (χ0) is 16.7. The molecule has 0 saturated carbocycles. The van der Waals surface area contributed by atoms with Crippen LogP contribution in [0.1, 0.15) is 19.4 Å². The molecule has 0 spiro atoms. The summed E-state index contributed by atoms with van der Waals surface area (Å²) in [4.78, 5) is 0. The van der Waals surface area contributed by atoms with Gasteiger partial charge in [0, 0.05) is 19.2 Å². The molecule has 2 rings (SSSR count). The number of rotatable bonds is 8. The summed E-state index contributed by atoms with van der Waals surface area (Å²) in [5, 5.41) is 12.6. The van der Waals surface area contributed by atoms with E-state index in [1.165, 1.54) is 18.2 Å². The molecule has 0 aliphatic heterocycles. The Labute approximate surface area is 135 Å². The monoisotopic (exact) mass is 319 g/mol. The van der Waals surface area contributed by atoms with Crippen LogP contribution in [0.3, 0.4) is 0 Å². The van der Waals surface area contributed by atoms with Crippen LogP contribution in [0.15, 0.2) is 42.5 Å². The van der Waals surface area contributed by atoms with Crippen molar-refractivity contribution in [3.8, 4) is 17.2 Å². The van der Waals surface area contributed by atoms with E-state index in [0.717, 1.165) is 5.56 Å². The molecule has 0 atom stereocenters. The van der Waals surface area contributed by atoms with E-state index in [2.05, 4.69) is 5.32 Å². The number of ether oxygens (including phenoxy) is 2. The van der Waals surface area contributed by atoms with Gasteiger partial charge in [-0.1, -0.05) is 12.1 Å². The predicted molar refractivity (Wildman–Crippen MR) is 87.4 cm³/mol. The van der Waals surface area contributed by atoms with Gasteiger partial charge >= 0.3 is 0 Å². The number of hydrogen-bond donors (Lipinski definition) is 2. The number of hydrogen-bond acceptors (Lipinski definition) is 4. The average Bonchev–Trinajstić information content (AvgIpc) is 2.49. The molecule has 0 heterocycles. The lowest BCUT2D eigenvalue weighted by molar-refractivity contribution is 0.0807. The van der Waals surface area contributed by atoms with Crippen molar-refractivity contribution < 1.29 is 19.0 Å². The van der Waals surface area contributed by atoms with Gasteiger partial charge in [-0.2, -0.15) is 0 Å². The molecule has 5 heteroatoms. The molecule has 0 amide bonds. The largest absolute Gasteiger partial charge is 0.508 e. The van der Waals surface area contributed by atoms with Crippen LogP contribution in [-0.2, 0) is 11.3 Å². The summed E-state index contributed by atoms with van der Waals surface area (Å²) in [7, 11) is 0. The number of halogens is 1. The number of phenolic OH excluding ortho intramolecular Hbond substituents is 1. The van der Waals surface area contributed by atoms with Gasteiger partial charge in [0.15, 0.2) is 11.6 Å². The van der Waals surface area contributed by atoms with Gasteiger partial charge in [0.25, 0.3) is 0 Å². The highest BCUT2D eigenvalue weighted by Gasteiger charge is 2.07. The topological polar surface area (TPSA) is 50.7 Å². The maximum Gasteiger partial charge on any atom is 0.166 e. The Morgan fingerprint density at radius 1 is 1.17 bits per heavy atom. The first-order valence-electron chi connectivity index (χ1n) is 7.62. The van der Waals surface area contributed by atoms with Crippen LogP contribution in [-0.4, -0.2) is 24.4 Å². The maximum atomic E-state index is 14.1. The first kappa shape index (κ1) is 17.2. The molecule has 2 aromatic rings. The quantitative estimate of drug-likeness (QED) is 0.726. The summed E-state index contributed by atoms with van der Waals surface area (Å²) in [6.45, 7) is 5.87. The highest BCUT2D eigenvalue weighted by Crippen LogP contribution is 2.27. The Hall–Kier alpha value is -2.11. The molecule has 23 heavy (non-hydrogen) atoms. The average molecular weight is 319 g/mol. The second-order valence-electron chi connectivity index (χ2n) is 5.46. The first-order chi connectivity index (χ1) is 11.0. The Kier molecular flexibility index (Phi) is 6.38. The molecule has 0 fully saturated rings. The molecule has 0 saturated heterocycles. The Balaban J connectivity index is 1.87. The molecule has 0 unspecified atom stereocenters. The molecule has 0 aliphatic carbocycles. The van der Waals surface area contributed by atoms with E-state index in [9.17, 15) is 9.50 Å². The van der Waals surface area contributed by atoms with Crippen molar-refractivity contribution in [1.29, 1.82) is 0 Å². The van der Waals surface area contributed by atoms with Gasteiger partial charge in [0.05, 0.1) is 12.7 Å². The molecule has 124 valence electrons. The molecule has 2 aromatic carbocycles. The van der Waals surface area contributed by atoms with Crippen molar-refractivity contribution in [2.45, 2.75) is 26.5 Å². The zero-order valence-electron chi connectivity index (χ0n) is 13.4. The van der Waals surface area contributed by atoms with Crippen molar-refractivity contribution in [3.63, 3.8) is 0 Å². The smallest absolute Gasteiger partial charge is 0.166 e. The second kappa shape index (κ2) is 8.50. The summed E-state index contributed by atoms with van der Waals surface area (Å²) in [5.74, 6) is 0.154. The molecule has 0 bridgehead atoms. The van der Waals surface area contributed by atoms with Crippen LogP contribution in [0.5, 0.6) is 17.2 Å². The lowest BCUT2D eigenvalue weighted by Crippen LogP contribution is -2.21. The van der Waals surface area contributed by atoms with E-state index in [-0.39, 0.29) is 17.6 Å². The number of nitrogens with one attached hydrogen (secondary N) is 1. The van der Waals surface area contributed by atoms with Gasteiger partial charge in [-0.05, 0) is 43.7 Å². The van der Waals surface area contributed by atoms with Crippen molar-refractivity contribution in [2.75, 3.05) is 13.2 Å². The number of benzene rings is 2. The molecule has 2 N–H and O–H groups in total. The van der Waals surface area contributed by atoms with Gasteiger partial charge in [-0.25, -0.2) is 4.39 Å². The van der Waals surface area contributed by atoms with Gasteiger partial charge in [0.1, 0.15) is 11.5 Å². The third-order valence-electron chi connectivity index (χ3n) is 3.10. The number of phenols is 1. The van der Waals surface area contributed by atoms with Crippen LogP contribution in [0.2, 0.25) is 0 Å². The van der Waals surface area contributed by atoms with Crippen molar-refractivity contribution in [1.82, 2.24) is 5.32 Å². The van der Waals surface area contributed by atoms with Crippen molar-refractivity contribution >= 4 is 0 Å². The minimum Gasteiger partial charge on any atom is -0.508 e. The highest BCUT2D eigenvalue weighted by atomic mass is 19.1.